The molecule has 1 unspecified atom stereocenters. The highest BCUT2D eigenvalue weighted by atomic mass is 16.4. The van der Waals surface area contributed by atoms with Crippen LogP contribution in [0.25, 0.3) is 11.5 Å². The van der Waals surface area contributed by atoms with E-state index in [-0.39, 0.29) is 0 Å². The largest absolute Gasteiger partial charge is 0.403 e. The molecule has 10 nitrogen and oxygen atoms in total. The fraction of sp³-hybridized carbons (Fsp3) is 0.333. The zero-order valence-corrected chi connectivity index (χ0v) is 16.8. The van der Waals surface area contributed by atoms with E-state index in [0.717, 1.165) is 38.0 Å². The average molecular weight is 415 g/mol. The minimum absolute atomic E-state index is 0.310. The van der Waals surface area contributed by atoms with Gasteiger partial charge < -0.3 is 14.6 Å². The average Bonchev–Trinajstić information content (AvgIpc) is 3.60. The summed E-state index contributed by atoms with van der Waals surface area (Å²) >= 11 is 0. The molecule has 1 aliphatic heterocycles. The van der Waals surface area contributed by atoms with Crippen molar-refractivity contribution in [2.45, 2.75) is 31.2 Å². The molecule has 0 radical (unpaired) electrons. The summed E-state index contributed by atoms with van der Waals surface area (Å²) in [5, 5.41) is 22.6. The molecule has 4 aromatic rings. The lowest BCUT2D eigenvalue weighted by Crippen LogP contribution is -2.20. The van der Waals surface area contributed by atoms with Gasteiger partial charge in [0.1, 0.15) is 0 Å². The smallest absolute Gasteiger partial charge is 0.318 e. The number of aromatic nitrogens is 7. The molecule has 2 aliphatic rings. The second-order valence-corrected chi connectivity index (χ2v) is 8.03. The van der Waals surface area contributed by atoms with Crippen molar-refractivity contribution >= 4 is 12.0 Å². The van der Waals surface area contributed by atoms with Gasteiger partial charge in [-0.2, -0.15) is 15.4 Å². The molecular formula is C21H21N9O. The second kappa shape index (κ2) is 7.46. The number of nitrogens with one attached hydrogen (secondary N) is 2. The fourth-order valence-electron chi connectivity index (χ4n) is 4.40. The first-order valence-electron chi connectivity index (χ1n) is 10.4. The third-order valence-corrected chi connectivity index (χ3v) is 6.01. The molecule has 6 rings (SSSR count). The van der Waals surface area contributed by atoms with Crippen LogP contribution in [0.2, 0.25) is 0 Å². The van der Waals surface area contributed by atoms with Crippen LogP contribution in [0.1, 0.15) is 29.2 Å². The molecule has 2 N–H and O–H groups in total. The van der Waals surface area contributed by atoms with Gasteiger partial charge in [-0.3, -0.25) is 0 Å². The highest BCUT2D eigenvalue weighted by Gasteiger charge is 2.29. The maximum atomic E-state index is 5.89. The Balaban J connectivity index is 1.10. The van der Waals surface area contributed by atoms with Crippen LogP contribution in [0.4, 0.5) is 12.0 Å². The molecule has 1 saturated heterocycles. The summed E-state index contributed by atoms with van der Waals surface area (Å²) < 4.78 is 5.89. The van der Waals surface area contributed by atoms with Crippen LogP contribution in [0.15, 0.2) is 47.3 Å². The van der Waals surface area contributed by atoms with E-state index in [2.05, 4.69) is 70.1 Å². The number of hydrogen-bond donors (Lipinski definition) is 2. The number of anilines is 2. The normalized spacial score (nSPS) is 18.5. The van der Waals surface area contributed by atoms with Crippen molar-refractivity contribution in [1.82, 2.24) is 35.6 Å². The molecule has 3 aromatic heterocycles. The maximum absolute atomic E-state index is 5.89. The molecule has 0 saturated carbocycles. The van der Waals surface area contributed by atoms with Crippen LogP contribution in [-0.2, 0) is 12.8 Å². The van der Waals surface area contributed by atoms with Gasteiger partial charge in [0.15, 0.2) is 0 Å². The Kier molecular flexibility index (Phi) is 4.33. The summed E-state index contributed by atoms with van der Waals surface area (Å²) in [6.45, 7) is 1.61. The lowest BCUT2D eigenvalue weighted by Gasteiger charge is -2.12. The molecule has 1 atom stereocenters. The summed E-state index contributed by atoms with van der Waals surface area (Å²) in [6.07, 6.45) is 8.15. The Labute approximate surface area is 178 Å². The highest BCUT2D eigenvalue weighted by Crippen LogP contribution is 2.30. The first-order chi connectivity index (χ1) is 15.3. The van der Waals surface area contributed by atoms with Gasteiger partial charge in [0.2, 0.25) is 5.95 Å². The van der Waals surface area contributed by atoms with Crippen molar-refractivity contribution in [2.24, 2.45) is 0 Å². The van der Waals surface area contributed by atoms with E-state index in [1.165, 1.54) is 11.1 Å². The lowest BCUT2D eigenvalue weighted by molar-refractivity contribution is 0.555. The molecule has 156 valence electrons. The molecule has 4 heterocycles. The summed E-state index contributed by atoms with van der Waals surface area (Å²) in [5.41, 5.74) is 4.45. The summed E-state index contributed by atoms with van der Waals surface area (Å²) in [6, 6.07) is 9.35. The van der Waals surface area contributed by atoms with Crippen molar-refractivity contribution < 1.29 is 4.42 Å². The van der Waals surface area contributed by atoms with Crippen molar-refractivity contribution in [1.29, 1.82) is 0 Å². The van der Waals surface area contributed by atoms with Crippen molar-refractivity contribution in [3.63, 3.8) is 0 Å². The van der Waals surface area contributed by atoms with E-state index in [9.17, 15) is 0 Å². The van der Waals surface area contributed by atoms with E-state index in [1.54, 1.807) is 18.6 Å². The lowest BCUT2D eigenvalue weighted by atomic mass is 10.1. The maximum Gasteiger partial charge on any atom is 0.318 e. The van der Waals surface area contributed by atoms with Crippen molar-refractivity contribution in [3.05, 3.63) is 59.7 Å². The van der Waals surface area contributed by atoms with E-state index < -0.39 is 0 Å². The molecule has 1 aliphatic carbocycles. The zero-order valence-electron chi connectivity index (χ0n) is 16.8. The van der Waals surface area contributed by atoms with Gasteiger partial charge in [-0.25, -0.2) is 9.97 Å². The minimum atomic E-state index is 0.310. The second-order valence-electron chi connectivity index (χ2n) is 8.03. The highest BCUT2D eigenvalue weighted by molar-refractivity contribution is 5.52. The predicted molar refractivity (Wildman–Crippen MR) is 113 cm³/mol. The number of aromatic amines is 1. The molecule has 0 spiro atoms. The Morgan fingerprint density at radius 1 is 1.03 bits per heavy atom. The van der Waals surface area contributed by atoms with E-state index in [4.69, 9.17) is 4.42 Å². The van der Waals surface area contributed by atoms with Crippen LogP contribution in [-0.4, -0.2) is 54.7 Å². The first-order valence-corrected chi connectivity index (χ1v) is 10.4. The number of H-pyrrole nitrogens is 1. The predicted octanol–water partition coefficient (Wildman–Crippen LogP) is 2.22. The number of fused-ring (bicyclic) bond motifs is 1. The van der Waals surface area contributed by atoms with Gasteiger partial charge in [-0.1, -0.05) is 29.4 Å². The van der Waals surface area contributed by atoms with Crippen LogP contribution < -0.4 is 10.2 Å². The number of rotatable bonds is 5. The topological polar surface area (TPSA) is 122 Å². The minimum Gasteiger partial charge on any atom is -0.403 e. The van der Waals surface area contributed by atoms with Crippen molar-refractivity contribution in [3.8, 4) is 11.5 Å². The Morgan fingerprint density at radius 3 is 2.58 bits per heavy atom. The van der Waals surface area contributed by atoms with Gasteiger partial charge in [-0.15, -0.1) is 5.10 Å². The van der Waals surface area contributed by atoms with E-state index in [0.29, 0.717) is 35.4 Å². The first kappa shape index (κ1) is 18.0. The van der Waals surface area contributed by atoms with Crippen molar-refractivity contribution in [2.75, 3.05) is 23.3 Å². The van der Waals surface area contributed by atoms with Gasteiger partial charge in [0, 0.05) is 37.4 Å². The quantitative estimate of drug-likeness (QED) is 0.505. The molecule has 31 heavy (non-hydrogen) atoms. The van der Waals surface area contributed by atoms with Gasteiger partial charge in [0.05, 0.1) is 17.5 Å². The third-order valence-electron chi connectivity index (χ3n) is 6.01. The Morgan fingerprint density at radius 2 is 1.84 bits per heavy atom. The molecule has 1 aromatic carbocycles. The molecule has 1 fully saturated rings. The van der Waals surface area contributed by atoms with Crippen LogP contribution >= 0.6 is 0 Å². The molecule has 10 heteroatoms. The zero-order chi connectivity index (χ0) is 20.6. The number of benzene rings is 1. The number of nitrogens with zero attached hydrogens (tertiary/aromatic N) is 7. The Bertz CT molecular complexity index is 1150. The molecule has 0 amide bonds. The van der Waals surface area contributed by atoms with Gasteiger partial charge >= 0.3 is 6.01 Å². The standard InChI is InChI=1S/C21H21N9O/c1-2-4-14-8-17(7-13(14)3-1)25-20-22-9-16(10-23-20)19-27-28-21(31-19)30-6-5-15(12-30)18-11-24-29-26-18/h1-4,9-11,15,17H,5-8,12H2,(H,22,23,25)(H,24,26,29). The Hall–Kier alpha value is -3.82. The number of hydrogen-bond acceptors (Lipinski definition) is 9. The fourth-order valence-corrected chi connectivity index (χ4v) is 4.40. The van der Waals surface area contributed by atoms with Gasteiger partial charge in [-0.05, 0) is 30.4 Å². The monoisotopic (exact) mass is 415 g/mol. The summed E-state index contributed by atoms with van der Waals surface area (Å²) in [4.78, 5) is 11.0. The van der Waals surface area contributed by atoms with E-state index in [1.807, 2.05) is 0 Å². The van der Waals surface area contributed by atoms with Crippen LogP contribution in [0.5, 0.6) is 0 Å². The SMILES string of the molecule is c1ccc2c(c1)CC(Nc1ncc(-c3nnc(N4CCC(c5cn[nH]n5)C4)o3)cn1)C2. The van der Waals surface area contributed by atoms with Crippen LogP contribution in [0.3, 0.4) is 0 Å². The van der Waals surface area contributed by atoms with Gasteiger partial charge in [0.25, 0.3) is 5.89 Å². The molecule has 0 bridgehead atoms. The molecular weight excluding hydrogens is 394 g/mol. The third kappa shape index (κ3) is 3.49. The van der Waals surface area contributed by atoms with Crippen LogP contribution in [0, 0.1) is 0 Å². The van der Waals surface area contributed by atoms with E-state index >= 15 is 0 Å². The summed E-state index contributed by atoms with van der Waals surface area (Å²) in [5.74, 6) is 1.33. The summed E-state index contributed by atoms with van der Waals surface area (Å²) in [7, 11) is 0.